The van der Waals surface area contributed by atoms with Crippen LogP contribution in [0.1, 0.15) is 24.4 Å². The molecule has 9 nitrogen and oxygen atoms in total. The molecule has 0 aliphatic carbocycles. The van der Waals surface area contributed by atoms with Crippen molar-refractivity contribution < 1.29 is 9.47 Å². The summed E-state index contributed by atoms with van der Waals surface area (Å²) >= 11 is 0. The summed E-state index contributed by atoms with van der Waals surface area (Å²) in [5.74, 6) is 1.63. The van der Waals surface area contributed by atoms with Gasteiger partial charge >= 0.3 is 0 Å². The van der Waals surface area contributed by atoms with E-state index in [9.17, 15) is 0 Å². The summed E-state index contributed by atoms with van der Waals surface area (Å²) in [6.07, 6.45) is 7.59. The zero-order valence-electron chi connectivity index (χ0n) is 17.3. The van der Waals surface area contributed by atoms with E-state index in [2.05, 4.69) is 35.5 Å². The summed E-state index contributed by atoms with van der Waals surface area (Å²) in [6, 6.07) is 4.37. The van der Waals surface area contributed by atoms with E-state index < -0.39 is 0 Å². The lowest BCUT2D eigenvalue weighted by Gasteiger charge is -2.32. The Balaban J connectivity index is 1.26. The van der Waals surface area contributed by atoms with Gasteiger partial charge in [0.2, 0.25) is 5.88 Å². The molecule has 0 spiro atoms. The molecule has 158 valence electrons. The molecule has 2 saturated heterocycles. The van der Waals surface area contributed by atoms with Crippen LogP contribution in [0, 0.1) is 0 Å². The molecule has 0 atom stereocenters. The number of piperidine rings is 1. The van der Waals surface area contributed by atoms with Gasteiger partial charge in [-0.05, 0) is 18.4 Å². The number of fused-ring (bicyclic) bond motifs is 1. The Bertz CT molecular complexity index is 977. The van der Waals surface area contributed by atoms with Gasteiger partial charge in [-0.3, -0.25) is 4.90 Å². The fourth-order valence-corrected chi connectivity index (χ4v) is 4.35. The highest BCUT2D eigenvalue weighted by atomic mass is 16.5. The molecular weight excluding hydrogens is 382 g/mol. The fraction of sp³-hybridized carbons (Fsp3) is 0.524. The number of aromatic nitrogens is 5. The van der Waals surface area contributed by atoms with Crippen molar-refractivity contribution in [2.45, 2.75) is 25.4 Å². The van der Waals surface area contributed by atoms with Gasteiger partial charge in [0.05, 0.1) is 37.9 Å². The molecular formula is C21H27N7O2. The fourth-order valence-electron chi connectivity index (χ4n) is 4.35. The topological polar surface area (TPSA) is 81.4 Å². The second kappa shape index (κ2) is 8.53. The lowest BCUT2D eigenvalue weighted by Crippen LogP contribution is -2.37. The number of ether oxygens (including phenoxy) is 2. The lowest BCUT2D eigenvalue weighted by atomic mass is 10.0. The zero-order valence-corrected chi connectivity index (χ0v) is 17.3. The largest absolute Gasteiger partial charge is 0.481 e. The second-order valence-electron chi connectivity index (χ2n) is 7.84. The number of likely N-dealkylation sites (tertiary alicyclic amines) is 1. The zero-order chi connectivity index (χ0) is 20.3. The summed E-state index contributed by atoms with van der Waals surface area (Å²) in [5.41, 5.74) is 2.14. The van der Waals surface area contributed by atoms with E-state index in [1.807, 2.05) is 18.5 Å². The minimum Gasteiger partial charge on any atom is -0.481 e. The van der Waals surface area contributed by atoms with Gasteiger partial charge in [0.15, 0.2) is 5.65 Å². The molecule has 9 heteroatoms. The van der Waals surface area contributed by atoms with Gasteiger partial charge < -0.3 is 14.4 Å². The van der Waals surface area contributed by atoms with Gasteiger partial charge in [0.1, 0.15) is 12.1 Å². The monoisotopic (exact) mass is 409 g/mol. The van der Waals surface area contributed by atoms with Crippen LogP contribution in [0.25, 0.3) is 11.0 Å². The van der Waals surface area contributed by atoms with Gasteiger partial charge in [-0.2, -0.15) is 5.10 Å². The third-order valence-corrected chi connectivity index (χ3v) is 6.00. The minimum atomic E-state index is 0.361. The number of hydrogen-bond donors (Lipinski definition) is 0. The van der Waals surface area contributed by atoms with E-state index in [0.717, 1.165) is 75.6 Å². The van der Waals surface area contributed by atoms with E-state index in [4.69, 9.17) is 14.6 Å². The molecule has 5 rings (SSSR count). The molecule has 30 heavy (non-hydrogen) atoms. The Morgan fingerprint density at radius 3 is 2.60 bits per heavy atom. The Hall–Kier alpha value is -2.78. The molecule has 0 saturated carbocycles. The first kappa shape index (κ1) is 19.2. The maximum absolute atomic E-state index is 5.48. The minimum absolute atomic E-state index is 0.361. The molecule has 0 N–H and O–H groups in total. The summed E-state index contributed by atoms with van der Waals surface area (Å²) in [5, 5.41) is 5.75. The molecule has 0 unspecified atom stereocenters. The molecule has 0 radical (unpaired) electrons. The number of anilines is 1. The number of pyridine rings is 1. The van der Waals surface area contributed by atoms with Crippen LogP contribution in [0.15, 0.2) is 30.9 Å². The quantitative estimate of drug-likeness (QED) is 0.632. The molecule has 2 aliphatic heterocycles. The van der Waals surface area contributed by atoms with Crippen molar-refractivity contribution in [2.24, 2.45) is 0 Å². The van der Waals surface area contributed by atoms with E-state index in [-0.39, 0.29) is 0 Å². The normalized spacial score (nSPS) is 18.8. The average molecular weight is 409 g/mol. The van der Waals surface area contributed by atoms with Crippen molar-refractivity contribution in [2.75, 3.05) is 51.4 Å². The van der Waals surface area contributed by atoms with Crippen molar-refractivity contribution in [1.29, 1.82) is 0 Å². The highest BCUT2D eigenvalue weighted by molar-refractivity contribution is 5.86. The molecule has 0 amide bonds. The van der Waals surface area contributed by atoms with Crippen LogP contribution in [0.2, 0.25) is 0 Å². The van der Waals surface area contributed by atoms with Crippen molar-refractivity contribution >= 4 is 16.9 Å². The summed E-state index contributed by atoms with van der Waals surface area (Å²) in [7, 11) is 1.64. The van der Waals surface area contributed by atoms with Crippen LogP contribution in [-0.4, -0.2) is 76.1 Å². The number of nitrogens with zero attached hydrogens (tertiary/aromatic N) is 7. The molecule has 5 heterocycles. The molecule has 3 aromatic heterocycles. The van der Waals surface area contributed by atoms with E-state index in [1.54, 1.807) is 13.4 Å². The Labute approximate surface area is 175 Å². The highest BCUT2D eigenvalue weighted by Gasteiger charge is 2.25. The standard InChI is InChI=1S/C21H27N7O2/c1-29-19-3-2-16(12-22-19)14-26-6-4-17(5-7-26)28-21-18(13-25-28)20(23-15-24-21)27-8-10-30-11-9-27/h2-3,12-13,15,17H,4-11,14H2,1H3. The highest BCUT2D eigenvalue weighted by Crippen LogP contribution is 2.29. The summed E-state index contributed by atoms with van der Waals surface area (Å²) in [6.45, 7) is 6.15. The van der Waals surface area contributed by atoms with Crippen LogP contribution >= 0.6 is 0 Å². The number of hydrogen-bond acceptors (Lipinski definition) is 8. The Kier molecular flexibility index (Phi) is 5.46. The summed E-state index contributed by atoms with van der Waals surface area (Å²) in [4.78, 5) is 18.2. The van der Waals surface area contributed by atoms with Crippen LogP contribution in [-0.2, 0) is 11.3 Å². The van der Waals surface area contributed by atoms with Crippen molar-refractivity contribution in [3.8, 4) is 5.88 Å². The molecule has 3 aromatic rings. The average Bonchev–Trinajstić information content (AvgIpc) is 3.25. The molecule has 2 fully saturated rings. The van der Waals surface area contributed by atoms with Crippen LogP contribution in [0.3, 0.4) is 0 Å². The second-order valence-corrected chi connectivity index (χ2v) is 7.84. The lowest BCUT2D eigenvalue weighted by molar-refractivity contribution is 0.122. The third kappa shape index (κ3) is 3.82. The predicted octanol–water partition coefficient (Wildman–Crippen LogP) is 1.90. The van der Waals surface area contributed by atoms with Crippen molar-refractivity contribution in [3.05, 3.63) is 36.4 Å². The van der Waals surface area contributed by atoms with Gasteiger partial charge in [-0.15, -0.1) is 0 Å². The maximum Gasteiger partial charge on any atom is 0.212 e. The van der Waals surface area contributed by atoms with Crippen molar-refractivity contribution in [3.63, 3.8) is 0 Å². The van der Waals surface area contributed by atoms with Gasteiger partial charge in [-0.1, -0.05) is 6.07 Å². The third-order valence-electron chi connectivity index (χ3n) is 6.00. The molecule has 0 aromatic carbocycles. The first-order chi connectivity index (χ1) is 14.8. The van der Waals surface area contributed by atoms with Crippen molar-refractivity contribution in [1.82, 2.24) is 29.6 Å². The van der Waals surface area contributed by atoms with Crippen LogP contribution in [0.4, 0.5) is 5.82 Å². The van der Waals surface area contributed by atoms with Gasteiger partial charge in [0, 0.05) is 45.0 Å². The predicted molar refractivity (Wildman–Crippen MR) is 113 cm³/mol. The number of morpholine rings is 1. The van der Waals surface area contributed by atoms with E-state index in [1.165, 1.54) is 5.56 Å². The number of rotatable bonds is 5. The smallest absolute Gasteiger partial charge is 0.212 e. The SMILES string of the molecule is COc1ccc(CN2CCC(n3ncc4c(N5CCOCC5)ncnc43)CC2)cn1. The maximum atomic E-state index is 5.48. The summed E-state index contributed by atoms with van der Waals surface area (Å²) < 4.78 is 12.7. The Morgan fingerprint density at radius 1 is 1.03 bits per heavy atom. The molecule has 0 bridgehead atoms. The van der Waals surface area contributed by atoms with E-state index in [0.29, 0.717) is 11.9 Å². The van der Waals surface area contributed by atoms with Crippen LogP contribution < -0.4 is 9.64 Å². The molecule has 2 aliphatic rings. The van der Waals surface area contributed by atoms with E-state index >= 15 is 0 Å². The first-order valence-corrected chi connectivity index (χ1v) is 10.5. The first-order valence-electron chi connectivity index (χ1n) is 10.5. The Morgan fingerprint density at radius 2 is 1.87 bits per heavy atom. The van der Waals surface area contributed by atoms with Gasteiger partial charge in [0.25, 0.3) is 0 Å². The number of methoxy groups -OCH3 is 1. The van der Waals surface area contributed by atoms with Gasteiger partial charge in [-0.25, -0.2) is 19.6 Å². The van der Waals surface area contributed by atoms with Crippen LogP contribution in [0.5, 0.6) is 5.88 Å².